The summed E-state index contributed by atoms with van der Waals surface area (Å²) >= 11 is 1.90. The van der Waals surface area contributed by atoms with Crippen LogP contribution in [0.5, 0.6) is 0 Å². The number of nitro groups is 1. The number of anilines is 2. The summed E-state index contributed by atoms with van der Waals surface area (Å²) in [5.41, 5.74) is 0.642. The van der Waals surface area contributed by atoms with Gasteiger partial charge in [-0.3, -0.25) is 14.9 Å². The molecular formula is C13H16N4O3S. The summed E-state index contributed by atoms with van der Waals surface area (Å²) in [7, 11) is 0. The van der Waals surface area contributed by atoms with Gasteiger partial charge in [-0.2, -0.15) is 11.8 Å². The highest BCUT2D eigenvalue weighted by Gasteiger charge is 2.53. The Morgan fingerprint density at radius 2 is 2.24 bits per heavy atom. The van der Waals surface area contributed by atoms with E-state index in [4.69, 9.17) is 0 Å². The van der Waals surface area contributed by atoms with Crippen LogP contribution in [-0.2, 0) is 4.79 Å². The van der Waals surface area contributed by atoms with Gasteiger partial charge in [0.2, 0.25) is 11.9 Å². The number of amides is 1. The van der Waals surface area contributed by atoms with E-state index in [1.807, 2.05) is 11.8 Å². The minimum absolute atomic E-state index is 0.280. The van der Waals surface area contributed by atoms with E-state index < -0.39 is 12.0 Å². The van der Waals surface area contributed by atoms with Gasteiger partial charge >= 0.3 is 0 Å². The van der Waals surface area contributed by atoms with Gasteiger partial charge in [-0.1, -0.05) is 0 Å². The zero-order valence-electron chi connectivity index (χ0n) is 11.4. The molecule has 1 amide bonds. The third-order valence-corrected chi connectivity index (χ3v) is 4.66. The molecule has 0 aromatic carbocycles. The normalized spacial score (nSPS) is 24.5. The van der Waals surface area contributed by atoms with Gasteiger partial charge in [-0.25, -0.2) is 4.98 Å². The summed E-state index contributed by atoms with van der Waals surface area (Å²) in [6.45, 7) is 1.79. The SMILES string of the molecule is O=C(Nc1cccnc1N1CCSCC1)[C@@H]1C[C@@H]1[N+](=O)[O-]. The first-order valence-corrected chi connectivity index (χ1v) is 8.04. The van der Waals surface area contributed by atoms with Gasteiger partial charge in [0.25, 0.3) is 0 Å². The number of carbonyl (C=O) groups excluding carboxylic acids is 1. The van der Waals surface area contributed by atoms with Crippen LogP contribution < -0.4 is 10.2 Å². The van der Waals surface area contributed by atoms with Crippen LogP contribution in [0.25, 0.3) is 0 Å². The molecule has 3 rings (SSSR count). The van der Waals surface area contributed by atoms with Crippen molar-refractivity contribution in [2.45, 2.75) is 12.5 Å². The number of rotatable bonds is 4. The molecule has 2 fully saturated rings. The van der Waals surface area contributed by atoms with E-state index in [-0.39, 0.29) is 10.8 Å². The molecule has 112 valence electrons. The van der Waals surface area contributed by atoms with Crippen LogP contribution >= 0.6 is 11.8 Å². The quantitative estimate of drug-likeness (QED) is 0.665. The van der Waals surface area contributed by atoms with E-state index in [1.54, 1.807) is 18.3 Å². The fraction of sp³-hybridized carbons (Fsp3) is 0.538. The predicted molar refractivity (Wildman–Crippen MR) is 81.3 cm³/mol. The summed E-state index contributed by atoms with van der Waals surface area (Å²) in [4.78, 5) is 28.8. The van der Waals surface area contributed by atoms with Gasteiger partial charge in [0.05, 0.1) is 5.69 Å². The Labute approximate surface area is 126 Å². The molecule has 1 saturated heterocycles. The molecule has 1 aromatic heterocycles. The summed E-state index contributed by atoms with van der Waals surface area (Å²) < 4.78 is 0. The molecule has 0 bridgehead atoms. The maximum absolute atomic E-state index is 12.1. The fourth-order valence-electron chi connectivity index (χ4n) is 2.44. The van der Waals surface area contributed by atoms with Gasteiger partial charge in [0.15, 0.2) is 5.82 Å². The second kappa shape index (κ2) is 5.88. The Kier molecular flexibility index (Phi) is 3.96. The van der Waals surface area contributed by atoms with Gasteiger partial charge in [-0.15, -0.1) is 0 Å². The lowest BCUT2D eigenvalue weighted by atomic mass is 10.3. The minimum Gasteiger partial charge on any atom is -0.353 e. The van der Waals surface area contributed by atoms with Crippen molar-refractivity contribution < 1.29 is 9.72 Å². The first-order valence-electron chi connectivity index (χ1n) is 6.89. The summed E-state index contributed by atoms with van der Waals surface area (Å²) in [6, 6.07) is 2.83. The number of thioether (sulfide) groups is 1. The van der Waals surface area contributed by atoms with Crippen LogP contribution in [-0.4, -0.2) is 46.5 Å². The Morgan fingerprint density at radius 3 is 2.90 bits per heavy atom. The molecular weight excluding hydrogens is 292 g/mol. The molecule has 0 radical (unpaired) electrons. The zero-order valence-corrected chi connectivity index (χ0v) is 12.2. The Morgan fingerprint density at radius 1 is 1.48 bits per heavy atom. The largest absolute Gasteiger partial charge is 0.353 e. The first kappa shape index (κ1) is 14.1. The smallest absolute Gasteiger partial charge is 0.234 e. The second-order valence-electron chi connectivity index (χ2n) is 5.16. The topological polar surface area (TPSA) is 88.4 Å². The van der Waals surface area contributed by atoms with Crippen molar-refractivity contribution in [3.05, 3.63) is 28.4 Å². The van der Waals surface area contributed by atoms with E-state index in [0.717, 1.165) is 30.4 Å². The molecule has 1 N–H and O–H groups in total. The van der Waals surface area contributed by atoms with Gasteiger partial charge in [0.1, 0.15) is 5.92 Å². The summed E-state index contributed by atoms with van der Waals surface area (Å²) in [5.74, 6) is 2.04. The van der Waals surface area contributed by atoms with Crippen molar-refractivity contribution in [2.75, 3.05) is 34.8 Å². The summed E-state index contributed by atoms with van der Waals surface area (Å²) in [6.07, 6.45) is 2.03. The Bertz CT molecular complexity index is 562. The Balaban J connectivity index is 1.70. The maximum atomic E-state index is 12.1. The standard InChI is InChI=1S/C13H16N4O3S/c18-13(9-8-11(9)17(19)20)15-10-2-1-3-14-12(10)16-4-6-21-7-5-16/h1-3,9,11H,4-8H2,(H,15,18)/t9-,11+/m1/s1. The lowest BCUT2D eigenvalue weighted by molar-refractivity contribution is -0.497. The first-order chi connectivity index (χ1) is 10.2. The van der Waals surface area contributed by atoms with E-state index in [2.05, 4.69) is 15.2 Å². The molecule has 2 heterocycles. The number of nitrogens with one attached hydrogen (secondary N) is 1. The van der Waals surface area contributed by atoms with Crippen LogP contribution in [0.4, 0.5) is 11.5 Å². The molecule has 1 aliphatic heterocycles. The lowest BCUT2D eigenvalue weighted by Crippen LogP contribution is -2.34. The van der Waals surface area contributed by atoms with Crippen molar-refractivity contribution in [3.63, 3.8) is 0 Å². The maximum Gasteiger partial charge on any atom is 0.234 e. The molecule has 1 aromatic rings. The van der Waals surface area contributed by atoms with Gasteiger partial charge in [0, 0.05) is 42.1 Å². The fourth-order valence-corrected chi connectivity index (χ4v) is 3.35. The minimum atomic E-state index is -0.725. The van der Waals surface area contributed by atoms with Crippen molar-refractivity contribution >= 4 is 29.2 Å². The third kappa shape index (κ3) is 3.10. The number of pyridine rings is 1. The van der Waals surface area contributed by atoms with E-state index in [9.17, 15) is 14.9 Å². The number of hydrogen-bond donors (Lipinski definition) is 1. The molecule has 21 heavy (non-hydrogen) atoms. The molecule has 1 saturated carbocycles. The van der Waals surface area contributed by atoms with E-state index >= 15 is 0 Å². The third-order valence-electron chi connectivity index (χ3n) is 3.72. The van der Waals surface area contributed by atoms with E-state index in [1.165, 1.54) is 0 Å². The molecule has 0 spiro atoms. The molecule has 2 aliphatic rings. The van der Waals surface area contributed by atoms with E-state index in [0.29, 0.717) is 12.1 Å². The average Bonchev–Trinajstić information content (AvgIpc) is 3.29. The highest BCUT2D eigenvalue weighted by atomic mass is 32.2. The van der Waals surface area contributed by atoms with Crippen LogP contribution in [0, 0.1) is 16.0 Å². The lowest BCUT2D eigenvalue weighted by Gasteiger charge is -2.29. The number of hydrogen-bond acceptors (Lipinski definition) is 6. The van der Waals surface area contributed by atoms with Crippen molar-refractivity contribution in [1.29, 1.82) is 0 Å². The molecule has 7 nitrogen and oxygen atoms in total. The molecule has 8 heteroatoms. The van der Waals surface area contributed by atoms with Crippen molar-refractivity contribution in [3.8, 4) is 0 Å². The second-order valence-corrected chi connectivity index (χ2v) is 6.38. The summed E-state index contributed by atoms with van der Waals surface area (Å²) in [5, 5.41) is 13.4. The average molecular weight is 308 g/mol. The molecule has 2 atom stereocenters. The number of carbonyl (C=O) groups is 1. The van der Waals surface area contributed by atoms with Gasteiger partial charge in [-0.05, 0) is 12.1 Å². The zero-order chi connectivity index (χ0) is 14.8. The van der Waals surface area contributed by atoms with Crippen molar-refractivity contribution in [2.24, 2.45) is 5.92 Å². The van der Waals surface area contributed by atoms with Crippen LogP contribution in [0.15, 0.2) is 18.3 Å². The highest BCUT2D eigenvalue weighted by Crippen LogP contribution is 2.35. The van der Waals surface area contributed by atoms with Crippen LogP contribution in [0.3, 0.4) is 0 Å². The van der Waals surface area contributed by atoms with Crippen LogP contribution in [0.2, 0.25) is 0 Å². The highest BCUT2D eigenvalue weighted by molar-refractivity contribution is 7.99. The van der Waals surface area contributed by atoms with Gasteiger partial charge < -0.3 is 10.2 Å². The Hall–Kier alpha value is -1.83. The monoisotopic (exact) mass is 308 g/mol. The molecule has 1 aliphatic carbocycles. The molecule has 0 unspecified atom stereocenters. The predicted octanol–water partition coefficient (Wildman–Crippen LogP) is 1.24. The number of aromatic nitrogens is 1. The van der Waals surface area contributed by atoms with Crippen LogP contribution in [0.1, 0.15) is 6.42 Å². The number of nitrogens with zero attached hydrogens (tertiary/aromatic N) is 3. The van der Waals surface area contributed by atoms with Crippen molar-refractivity contribution in [1.82, 2.24) is 4.98 Å².